The quantitative estimate of drug-likeness (QED) is 0.417. The lowest BCUT2D eigenvalue weighted by Gasteiger charge is -2.27. The molecule has 0 spiro atoms. The van der Waals surface area contributed by atoms with Crippen LogP contribution >= 0.6 is 0 Å². The predicted octanol–water partition coefficient (Wildman–Crippen LogP) is 1.85. The van der Waals surface area contributed by atoms with Crippen LogP contribution in [0, 0.1) is 0 Å². The summed E-state index contributed by atoms with van der Waals surface area (Å²) in [4.78, 5) is 39.9. The minimum absolute atomic E-state index is 0.0190. The van der Waals surface area contributed by atoms with Crippen LogP contribution in [0.1, 0.15) is 51.5 Å². The highest BCUT2D eigenvalue weighted by Gasteiger charge is 2.27. The Kier molecular flexibility index (Phi) is 9.51. The van der Waals surface area contributed by atoms with Gasteiger partial charge in [0.15, 0.2) is 17.2 Å². The van der Waals surface area contributed by atoms with E-state index < -0.39 is 42.4 Å². The van der Waals surface area contributed by atoms with E-state index in [0.717, 1.165) is 0 Å². The Hall–Kier alpha value is -2.88. The molecule has 10 heteroatoms. The van der Waals surface area contributed by atoms with Crippen molar-refractivity contribution in [1.82, 2.24) is 10.3 Å². The van der Waals surface area contributed by atoms with Crippen LogP contribution in [0.25, 0.3) is 0 Å². The van der Waals surface area contributed by atoms with Crippen LogP contribution in [0.3, 0.4) is 0 Å². The molecule has 30 heavy (non-hydrogen) atoms. The van der Waals surface area contributed by atoms with Gasteiger partial charge in [-0.2, -0.15) is 0 Å². The van der Waals surface area contributed by atoms with Gasteiger partial charge in [0, 0.05) is 32.7 Å². The summed E-state index contributed by atoms with van der Waals surface area (Å²) in [5, 5.41) is 2.52. The van der Waals surface area contributed by atoms with E-state index in [4.69, 9.17) is 23.7 Å². The number of aromatic nitrogens is 1. The Bertz CT molecular complexity index is 750. The Morgan fingerprint density at radius 2 is 1.87 bits per heavy atom. The van der Waals surface area contributed by atoms with E-state index in [-0.39, 0.29) is 17.2 Å². The third-order valence-corrected chi connectivity index (χ3v) is 4.12. The highest BCUT2D eigenvalue weighted by Crippen LogP contribution is 2.29. The van der Waals surface area contributed by atoms with Crippen LogP contribution in [0.2, 0.25) is 0 Å². The molecule has 0 aliphatic carbocycles. The van der Waals surface area contributed by atoms with Gasteiger partial charge in [-0.3, -0.25) is 9.59 Å². The van der Waals surface area contributed by atoms with Gasteiger partial charge in [0.2, 0.25) is 6.79 Å². The summed E-state index contributed by atoms with van der Waals surface area (Å²) in [6.45, 7) is 7.80. The molecule has 0 aliphatic heterocycles. The number of nitrogens with zero attached hydrogens (tertiary/aromatic N) is 1. The van der Waals surface area contributed by atoms with Crippen molar-refractivity contribution in [2.45, 2.75) is 58.8 Å². The van der Waals surface area contributed by atoms with E-state index in [1.807, 2.05) is 13.8 Å². The van der Waals surface area contributed by atoms with Crippen LogP contribution in [-0.4, -0.2) is 61.6 Å². The SMILES string of the molecule is COc1ccnc(C(=O)N[C@@H](C)C(=O)O[C@@H](C)CC(C)(C)OC)c1OCOC(C)=O. The van der Waals surface area contributed by atoms with Crippen LogP contribution in [0.15, 0.2) is 12.3 Å². The normalized spacial score (nSPS) is 13.0. The highest BCUT2D eigenvalue weighted by molar-refractivity contribution is 5.98. The molecule has 168 valence electrons. The molecule has 0 fully saturated rings. The Morgan fingerprint density at radius 1 is 1.20 bits per heavy atom. The number of carbonyl (C=O) groups excluding carboxylic acids is 3. The Balaban J connectivity index is 2.83. The molecule has 0 radical (unpaired) electrons. The first-order valence-electron chi connectivity index (χ1n) is 9.36. The van der Waals surface area contributed by atoms with E-state index in [1.165, 1.54) is 33.2 Å². The van der Waals surface area contributed by atoms with E-state index in [1.54, 1.807) is 14.0 Å². The minimum atomic E-state index is -0.945. The zero-order chi connectivity index (χ0) is 22.9. The molecule has 0 bridgehead atoms. The second kappa shape index (κ2) is 11.3. The molecule has 2 atom stereocenters. The first-order valence-corrected chi connectivity index (χ1v) is 9.36. The molecule has 1 rings (SSSR count). The Labute approximate surface area is 176 Å². The minimum Gasteiger partial charge on any atom is -0.493 e. The summed E-state index contributed by atoms with van der Waals surface area (Å²) in [6, 6.07) is 0.538. The molecule has 0 saturated heterocycles. The second-order valence-corrected chi connectivity index (χ2v) is 7.20. The van der Waals surface area contributed by atoms with Gasteiger partial charge < -0.3 is 29.0 Å². The third-order valence-electron chi connectivity index (χ3n) is 4.12. The molecule has 10 nitrogen and oxygen atoms in total. The number of pyridine rings is 1. The summed E-state index contributed by atoms with van der Waals surface area (Å²) in [5.74, 6) is -1.64. The average Bonchev–Trinajstić information content (AvgIpc) is 2.66. The van der Waals surface area contributed by atoms with Crippen molar-refractivity contribution in [2.75, 3.05) is 21.0 Å². The number of hydrogen-bond acceptors (Lipinski definition) is 9. The van der Waals surface area contributed by atoms with E-state index >= 15 is 0 Å². The second-order valence-electron chi connectivity index (χ2n) is 7.20. The molecule has 0 saturated carbocycles. The molecule has 0 aliphatic rings. The van der Waals surface area contributed by atoms with Crippen LogP contribution in [0.4, 0.5) is 0 Å². The smallest absolute Gasteiger partial charge is 0.328 e. The molecule has 1 amide bonds. The summed E-state index contributed by atoms with van der Waals surface area (Å²) >= 11 is 0. The van der Waals surface area contributed by atoms with Gasteiger partial charge in [-0.05, 0) is 27.7 Å². The number of hydrogen-bond donors (Lipinski definition) is 1. The van der Waals surface area contributed by atoms with Crippen molar-refractivity contribution in [2.24, 2.45) is 0 Å². The summed E-state index contributed by atoms with van der Waals surface area (Å²) in [5.41, 5.74) is -0.583. The highest BCUT2D eigenvalue weighted by atomic mass is 16.7. The lowest BCUT2D eigenvalue weighted by atomic mass is 10.0. The van der Waals surface area contributed by atoms with Crippen molar-refractivity contribution >= 4 is 17.8 Å². The fraction of sp³-hybridized carbons (Fsp3) is 0.600. The number of carbonyl (C=O) groups is 3. The molecular formula is C20H30N2O8. The number of esters is 2. The van der Waals surface area contributed by atoms with Crippen LogP contribution < -0.4 is 14.8 Å². The van der Waals surface area contributed by atoms with Gasteiger partial charge in [0.25, 0.3) is 5.91 Å². The maximum absolute atomic E-state index is 12.7. The largest absolute Gasteiger partial charge is 0.493 e. The van der Waals surface area contributed by atoms with Crippen molar-refractivity contribution in [3.8, 4) is 11.5 Å². The standard InChI is InChI=1S/C20H30N2O8/c1-12(10-20(4,5)27-7)30-19(25)13(2)22-18(24)16-17(29-11-28-14(3)23)15(26-6)8-9-21-16/h8-9,12-13H,10-11H2,1-7H3,(H,22,24)/t12-,13-/m0/s1. The summed E-state index contributed by atoms with van der Waals surface area (Å²) < 4.78 is 26.0. The van der Waals surface area contributed by atoms with E-state index in [0.29, 0.717) is 6.42 Å². The number of nitrogens with one attached hydrogen (secondary N) is 1. The molecule has 1 N–H and O–H groups in total. The van der Waals surface area contributed by atoms with Crippen LogP contribution in [0.5, 0.6) is 11.5 Å². The van der Waals surface area contributed by atoms with E-state index in [2.05, 4.69) is 10.3 Å². The monoisotopic (exact) mass is 426 g/mol. The van der Waals surface area contributed by atoms with Gasteiger partial charge in [-0.25, -0.2) is 9.78 Å². The molecule has 1 heterocycles. The fourth-order valence-corrected chi connectivity index (χ4v) is 2.51. The lowest BCUT2D eigenvalue weighted by molar-refractivity contribution is -0.153. The number of amides is 1. The van der Waals surface area contributed by atoms with Crippen LogP contribution in [-0.2, 0) is 23.8 Å². The van der Waals surface area contributed by atoms with Crippen molar-refractivity contribution in [3.63, 3.8) is 0 Å². The van der Waals surface area contributed by atoms with Gasteiger partial charge in [0.05, 0.1) is 12.7 Å². The number of rotatable bonds is 11. The summed E-state index contributed by atoms with van der Waals surface area (Å²) in [7, 11) is 2.97. The first-order chi connectivity index (χ1) is 14.0. The van der Waals surface area contributed by atoms with Gasteiger partial charge in [-0.1, -0.05) is 0 Å². The van der Waals surface area contributed by atoms with E-state index in [9.17, 15) is 14.4 Å². The predicted molar refractivity (Wildman–Crippen MR) is 106 cm³/mol. The maximum atomic E-state index is 12.7. The Morgan fingerprint density at radius 3 is 2.43 bits per heavy atom. The summed E-state index contributed by atoms with van der Waals surface area (Å²) in [6.07, 6.45) is 1.43. The zero-order valence-corrected chi connectivity index (χ0v) is 18.4. The van der Waals surface area contributed by atoms with Gasteiger partial charge >= 0.3 is 11.9 Å². The van der Waals surface area contributed by atoms with Crippen molar-refractivity contribution in [3.05, 3.63) is 18.0 Å². The fourth-order valence-electron chi connectivity index (χ4n) is 2.51. The molecule has 0 unspecified atom stereocenters. The third kappa shape index (κ3) is 7.86. The zero-order valence-electron chi connectivity index (χ0n) is 18.4. The first kappa shape index (κ1) is 25.2. The van der Waals surface area contributed by atoms with Gasteiger partial charge in [0.1, 0.15) is 12.1 Å². The average molecular weight is 426 g/mol. The maximum Gasteiger partial charge on any atom is 0.328 e. The molecule has 0 aromatic carbocycles. The van der Waals surface area contributed by atoms with Gasteiger partial charge in [-0.15, -0.1) is 0 Å². The number of ether oxygens (including phenoxy) is 5. The molecule has 1 aromatic heterocycles. The number of methoxy groups -OCH3 is 2. The molecule has 1 aromatic rings. The lowest BCUT2D eigenvalue weighted by Crippen LogP contribution is -2.42. The van der Waals surface area contributed by atoms with Crippen molar-refractivity contribution < 1.29 is 38.1 Å². The topological polar surface area (TPSA) is 122 Å². The molecular weight excluding hydrogens is 396 g/mol. The van der Waals surface area contributed by atoms with Crippen molar-refractivity contribution in [1.29, 1.82) is 0 Å².